The highest BCUT2D eigenvalue weighted by Crippen LogP contribution is 2.31. The van der Waals surface area contributed by atoms with Crippen LogP contribution in [0, 0.1) is 5.41 Å². The quantitative estimate of drug-likeness (QED) is 0.448. The number of aromatic nitrogens is 2. The number of nitrogens with two attached hydrogens (primary N) is 1. The van der Waals surface area contributed by atoms with Crippen molar-refractivity contribution in [2.24, 2.45) is 5.73 Å². The van der Waals surface area contributed by atoms with E-state index in [-0.39, 0.29) is 11.4 Å². The number of aromatic amines is 1. The number of hydrogen-bond donors (Lipinski definition) is 3. The van der Waals surface area contributed by atoms with Crippen molar-refractivity contribution in [1.29, 1.82) is 5.41 Å². The molecule has 0 atom stereocenters. The van der Waals surface area contributed by atoms with Crippen LogP contribution in [-0.4, -0.2) is 15.8 Å². The molecule has 7 heteroatoms. The molecule has 4 N–H and O–H groups in total. The van der Waals surface area contributed by atoms with Crippen molar-refractivity contribution in [2.45, 2.75) is 29.8 Å². The van der Waals surface area contributed by atoms with Gasteiger partial charge in [-0.3, -0.25) is 10.2 Å². The summed E-state index contributed by atoms with van der Waals surface area (Å²) in [5.41, 5.74) is 6.57. The highest BCUT2D eigenvalue weighted by atomic mass is 35.5. The summed E-state index contributed by atoms with van der Waals surface area (Å²) >= 11 is 7.45. The van der Waals surface area contributed by atoms with Crippen LogP contribution in [0.15, 0.2) is 39.1 Å². The molecule has 21 heavy (non-hydrogen) atoms. The minimum absolute atomic E-state index is 0.0371. The monoisotopic (exact) mass is 322 g/mol. The fourth-order valence-corrected chi connectivity index (χ4v) is 2.88. The number of aryl methyl sites for hydroxylation is 1. The van der Waals surface area contributed by atoms with Crippen molar-refractivity contribution in [1.82, 2.24) is 9.97 Å². The molecule has 0 unspecified atom stereocenters. The van der Waals surface area contributed by atoms with Crippen molar-refractivity contribution in [3.8, 4) is 0 Å². The van der Waals surface area contributed by atoms with Crippen molar-refractivity contribution < 1.29 is 0 Å². The number of halogens is 1. The van der Waals surface area contributed by atoms with Crippen molar-refractivity contribution >= 4 is 29.2 Å². The van der Waals surface area contributed by atoms with Crippen LogP contribution in [0.2, 0.25) is 5.02 Å². The first-order chi connectivity index (χ1) is 9.99. The summed E-state index contributed by atoms with van der Waals surface area (Å²) < 4.78 is 0. The molecule has 0 spiro atoms. The van der Waals surface area contributed by atoms with Gasteiger partial charge in [-0.1, -0.05) is 42.8 Å². The van der Waals surface area contributed by atoms with E-state index >= 15 is 0 Å². The first-order valence-corrected chi connectivity index (χ1v) is 7.61. The van der Waals surface area contributed by atoms with Crippen molar-refractivity contribution in [2.75, 3.05) is 0 Å². The summed E-state index contributed by atoms with van der Waals surface area (Å²) in [5, 5.41) is 8.35. The molecule has 1 heterocycles. The largest absolute Gasteiger partial charge is 0.384 e. The first-order valence-electron chi connectivity index (χ1n) is 6.41. The summed E-state index contributed by atoms with van der Waals surface area (Å²) in [5.74, 6) is -0.0371. The second-order valence-corrected chi connectivity index (χ2v) is 5.89. The molecule has 0 aliphatic rings. The van der Waals surface area contributed by atoms with E-state index in [1.165, 1.54) is 17.8 Å². The lowest BCUT2D eigenvalue weighted by atomic mass is 10.2. The van der Waals surface area contributed by atoms with Crippen LogP contribution < -0.4 is 11.3 Å². The Hall–Kier alpha value is -1.79. The highest BCUT2D eigenvalue weighted by Gasteiger charge is 2.08. The van der Waals surface area contributed by atoms with Gasteiger partial charge in [-0.2, -0.15) is 0 Å². The Morgan fingerprint density at radius 2 is 2.24 bits per heavy atom. The van der Waals surface area contributed by atoms with Gasteiger partial charge in [0, 0.05) is 22.2 Å². The topological polar surface area (TPSA) is 95.6 Å². The zero-order valence-corrected chi connectivity index (χ0v) is 13.0. The molecule has 5 nitrogen and oxygen atoms in total. The maximum Gasteiger partial charge on any atom is 0.251 e. The SMILES string of the molecule is CCCc1cc(=O)[nH]c(Sc2ccc(C(=N)N)cc2Cl)n1. The van der Waals surface area contributed by atoms with Crippen LogP contribution >= 0.6 is 23.4 Å². The molecule has 110 valence electrons. The third-order valence-corrected chi connectivity index (χ3v) is 4.12. The maximum absolute atomic E-state index is 11.6. The predicted octanol–water partition coefficient (Wildman–Crippen LogP) is 2.81. The second kappa shape index (κ2) is 6.78. The van der Waals surface area contributed by atoms with Crippen LogP contribution in [0.3, 0.4) is 0 Å². The summed E-state index contributed by atoms with van der Waals surface area (Å²) in [4.78, 5) is 19.5. The number of amidine groups is 1. The molecule has 0 aliphatic heterocycles. The third kappa shape index (κ3) is 4.09. The van der Waals surface area contributed by atoms with Gasteiger partial charge >= 0.3 is 0 Å². The van der Waals surface area contributed by atoms with Crippen LogP contribution in [0.4, 0.5) is 0 Å². The van der Waals surface area contributed by atoms with Crippen molar-refractivity contribution in [3.63, 3.8) is 0 Å². The Bertz CT molecular complexity index is 729. The van der Waals surface area contributed by atoms with E-state index in [4.69, 9.17) is 22.7 Å². The van der Waals surface area contributed by atoms with Crippen LogP contribution in [0.25, 0.3) is 0 Å². The smallest absolute Gasteiger partial charge is 0.251 e. The molecule has 0 fully saturated rings. The van der Waals surface area contributed by atoms with Gasteiger partial charge in [0.15, 0.2) is 5.16 Å². The molecule has 0 saturated heterocycles. The van der Waals surface area contributed by atoms with Gasteiger partial charge in [0.25, 0.3) is 5.56 Å². The molecule has 1 aromatic heterocycles. The van der Waals surface area contributed by atoms with Gasteiger partial charge in [-0.15, -0.1) is 0 Å². The summed E-state index contributed by atoms with van der Waals surface area (Å²) in [6.07, 6.45) is 1.68. The lowest BCUT2D eigenvalue weighted by Gasteiger charge is -2.06. The standard InChI is InChI=1S/C14H15ClN4OS/c1-2-3-9-7-12(20)19-14(18-9)21-11-5-4-8(13(16)17)6-10(11)15/h4-7H,2-3H2,1H3,(H3,16,17)(H,18,19,20). The zero-order chi connectivity index (χ0) is 15.4. The molecular formula is C14H15ClN4OS. The lowest BCUT2D eigenvalue weighted by molar-refractivity contribution is 0.816. The maximum atomic E-state index is 11.6. The molecule has 2 aromatic rings. The van der Waals surface area contributed by atoms with E-state index in [2.05, 4.69) is 9.97 Å². The fraction of sp³-hybridized carbons (Fsp3) is 0.214. The number of benzene rings is 1. The van der Waals surface area contributed by atoms with E-state index in [0.29, 0.717) is 15.7 Å². The normalized spacial score (nSPS) is 10.6. The minimum Gasteiger partial charge on any atom is -0.384 e. The van der Waals surface area contributed by atoms with Gasteiger partial charge in [0.2, 0.25) is 0 Å². The van der Waals surface area contributed by atoms with Crippen LogP contribution in [-0.2, 0) is 6.42 Å². The van der Waals surface area contributed by atoms with Gasteiger partial charge in [0.05, 0.1) is 5.02 Å². The first kappa shape index (κ1) is 15.6. The number of hydrogen-bond acceptors (Lipinski definition) is 4. The number of rotatable bonds is 5. The molecule has 0 saturated carbocycles. The molecule has 2 rings (SSSR count). The predicted molar refractivity (Wildman–Crippen MR) is 85.4 cm³/mol. The molecular weight excluding hydrogens is 308 g/mol. The second-order valence-electron chi connectivity index (χ2n) is 4.45. The van der Waals surface area contributed by atoms with Gasteiger partial charge in [-0.05, 0) is 18.6 Å². The molecule has 0 aliphatic carbocycles. The van der Waals surface area contributed by atoms with E-state index in [1.807, 2.05) is 6.92 Å². The average Bonchev–Trinajstić information content (AvgIpc) is 2.40. The summed E-state index contributed by atoms with van der Waals surface area (Å²) in [6, 6.07) is 6.61. The Kier molecular flexibility index (Phi) is 5.03. The molecule has 0 radical (unpaired) electrons. The number of H-pyrrole nitrogens is 1. The van der Waals surface area contributed by atoms with Crippen molar-refractivity contribution in [3.05, 3.63) is 50.9 Å². The van der Waals surface area contributed by atoms with E-state index < -0.39 is 0 Å². The summed E-state index contributed by atoms with van der Waals surface area (Å²) in [6.45, 7) is 2.03. The van der Waals surface area contributed by atoms with Crippen LogP contribution in [0.1, 0.15) is 24.6 Å². The van der Waals surface area contributed by atoms with E-state index in [1.54, 1.807) is 18.2 Å². The van der Waals surface area contributed by atoms with Gasteiger partial charge < -0.3 is 10.7 Å². The van der Waals surface area contributed by atoms with E-state index in [0.717, 1.165) is 23.4 Å². The average molecular weight is 323 g/mol. The summed E-state index contributed by atoms with van der Waals surface area (Å²) in [7, 11) is 0. The lowest BCUT2D eigenvalue weighted by Crippen LogP contribution is -2.11. The van der Waals surface area contributed by atoms with Gasteiger partial charge in [-0.25, -0.2) is 4.98 Å². The Morgan fingerprint density at radius 1 is 1.48 bits per heavy atom. The number of nitrogens with zero attached hydrogens (tertiary/aromatic N) is 1. The molecule has 0 amide bonds. The number of nitrogens with one attached hydrogen (secondary N) is 2. The Balaban J connectivity index is 2.29. The molecule has 1 aromatic carbocycles. The molecule has 0 bridgehead atoms. The third-order valence-electron chi connectivity index (χ3n) is 2.73. The zero-order valence-electron chi connectivity index (χ0n) is 11.4. The Labute approximate surface area is 131 Å². The van der Waals surface area contributed by atoms with Gasteiger partial charge in [0.1, 0.15) is 5.84 Å². The fourth-order valence-electron chi connectivity index (χ4n) is 1.77. The van der Waals surface area contributed by atoms with Crippen LogP contribution in [0.5, 0.6) is 0 Å². The number of nitrogen functional groups attached to an aromatic ring is 1. The highest BCUT2D eigenvalue weighted by molar-refractivity contribution is 7.99. The van der Waals surface area contributed by atoms with E-state index in [9.17, 15) is 4.79 Å². The Morgan fingerprint density at radius 3 is 2.86 bits per heavy atom. The minimum atomic E-state index is -0.174.